The molecule has 4 aliphatic carbocycles. The zero-order valence-electron chi connectivity index (χ0n) is 24.2. The lowest BCUT2D eigenvalue weighted by Crippen LogP contribution is -2.55. The Labute approximate surface area is 222 Å². The third-order valence-corrected chi connectivity index (χ3v) is 16.0. The number of Topliss-reactive ketones (excluding diaryl/α,β-unsaturated/α-hetero) is 2. The van der Waals surface area contributed by atoms with Gasteiger partial charge < -0.3 is 4.43 Å². The van der Waals surface area contributed by atoms with Crippen molar-refractivity contribution in [3.63, 3.8) is 0 Å². The first kappa shape index (κ1) is 28.3. The number of hydrogen-bond donors (Lipinski definition) is 0. The summed E-state index contributed by atoms with van der Waals surface area (Å²) in [5.74, 6) is 2.66. The second-order valence-corrected chi connectivity index (χ2v) is 17.5. The Hall–Kier alpha value is -0.743. The molecule has 0 spiro atoms. The summed E-state index contributed by atoms with van der Waals surface area (Å²) in [6, 6.07) is 3.92. The summed E-state index contributed by atoms with van der Waals surface area (Å²) in [6.07, 6.45) is 15.6. The Morgan fingerprint density at radius 3 is 2.08 bits per heavy atom. The second kappa shape index (κ2) is 11.6. The molecule has 36 heavy (non-hydrogen) atoms. The van der Waals surface area contributed by atoms with E-state index in [1.54, 1.807) is 0 Å². The zero-order chi connectivity index (χ0) is 26.0. The van der Waals surface area contributed by atoms with Crippen LogP contribution in [0.3, 0.4) is 0 Å². The molecule has 3 saturated carbocycles. The number of ketones is 2. The van der Waals surface area contributed by atoms with E-state index in [2.05, 4.69) is 34.6 Å². The van der Waals surface area contributed by atoms with Crippen molar-refractivity contribution in [3.05, 3.63) is 11.1 Å². The number of unbranched alkanes of at least 4 members (excludes halogenated alkanes) is 3. The topological polar surface area (TPSA) is 43.4 Å². The Morgan fingerprint density at radius 1 is 0.833 bits per heavy atom. The quantitative estimate of drug-likeness (QED) is 0.244. The molecule has 0 aromatic heterocycles. The first-order valence-corrected chi connectivity index (χ1v) is 18.2. The van der Waals surface area contributed by atoms with Gasteiger partial charge in [-0.05, 0) is 86.9 Å². The summed E-state index contributed by atoms with van der Waals surface area (Å²) in [5, 5.41) is 0. The smallest absolute Gasteiger partial charge is 0.192 e. The molecule has 4 heteroatoms. The lowest BCUT2D eigenvalue weighted by atomic mass is 9.46. The van der Waals surface area contributed by atoms with Crippen LogP contribution in [0.5, 0.6) is 0 Å². The van der Waals surface area contributed by atoms with Crippen LogP contribution in [0.4, 0.5) is 0 Å². The zero-order valence-corrected chi connectivity index (χ0v) is 25.2. The highest BCUT2D eigenvalue weighted by Gasteiger charge is 2.61. The van der Waals surface area contributed by atoms with Gasteiger partial charge in [0.25, 0.3) is 0 Å². The fourth-order valence-corrected chi connectivity index (χ4v) is 13.9. The largest absolute Gasteiger partial charge is 0.416 e. The van der Waals surface area contributed by atoms with Gasteiger partial charge >= 0.3 is 0 Å². The molecule has 0 aromatic rings. The summed E-state index contributed by atoms with van der Waals surface area (Å²) < 4.78 is 7.45. The molecule has 0 unspecified atom stereocenters. The van der Waals surface area contributed by atoms with Crippen LogP contribution < -0.4 is 0 Å². The van der Waals surface area contributed by atoms with Gasteiger partial charge in [0.2, 0.25) is 0 Å². The van der Waals surface area contributed by atoms with E-state index >= 15 is 0 Å². The lowest BCUT2D eigenvalue weighted by molar-refractivity contribution is -0.134. The first-order chi connectivity index (χ1) is 17.3. The fourth-order valence-electron chi connectivity index (χ4n) is 9.16. The first-order valence-electron chi connectivity index (χ1n) is 15.7. The molecular formula is C32H54O3Si. The number of hydrogen-bond acceptors (Lipinski definition) is 3. The molecule has 0 aliphatic heterocycles. The van der Waals surface area contributed by atoms with E-state index in [4.69, 9.17) is 4.43 Å². The minimum absolute atomic E-state index is 0.0385. The summed E-state index contributed by atoms with van der Waals surface area (Å²) >= 11 is 0. The van der Waals surface area contributed by atoms with Gasteiger partial charge in [-0.15, -0.1) is 0 Å². The summed E-state index contributed by atoms with van der Waals surface area (Å²) in [5.41, 5.74) is 2.49. The van der Waals surface area contributed by atoms with Gasteiger partial charge in [-0.2, -0.15) is 0 Å². The average molecular weight is 515 g/mol. The van der Waals surface area contributed by atoms with Crippen molar-refractivity contribution in [3.8, 4) is 0 Å². The molecule has 0 radical (unpaired) electrons. The molecule has 0 saturated heterocycles. The van der Waals surface area contributed by atoms with Crippen molar-refractivity contribution in [2.45, 2.75) is 143 Å². The Morgan fingerprint density at radius 2 is 1.47 bits per heavy atom. The van der Waals surface area contributed by atoms with Crippen LogP contribution in [-0.4, -0.2) is 26.5 Å². The molecule has 0 amide bonds. The van der Waals surface area contributed by atoms with E-state index in [0.29, 0.717) is 35.7 Å². The van der Waals surface area contributed by atoms with E-state index in [9.17, 15) is 9.59 Å². The molecular weight excluding hydrogens is 460 g/mol. The van der Waals surface area contributed by atoms with Crippen molar-refractivity contribution in [2.24, 2.45) is 28.6 Å². The molecule has 0 N–H and O–H groups in total. The highest BCUT2D eigenvalue weighted by atomic mass is 28.4. The van der Waals surface area contributed by atoms with Crippen molar-refractivity contribution in [1.82, 2.24) is 0 Å². The number of carbonyl (C=O) groups excluding carboxylic acids is 2. The number of fused-ring (bicyclic) bond motifs is 5. The van der Waals surface area contributed by atoms with Crippen LogP contribution in [0.1, 0.15) is 125 Å². The maximum absolute atomic E-state index is 12.9. The monoisotopic (exact) mass is 514 g/mol. The van der Waals surface area contributed by atoms with Gasteiger partial charge in [-0.1, -0.05) is 71.8 Å². The van der Waals surface area contributed by atoms with Gasteiger partial charge in [0.1, 0.15) is 5.78 Å². The molecule has 0 aromatic carbocycles. The minimum atomic E-state index is -1.83. The van der Waals surface area contributed by atoms with Crippen molar-refractivity contribution in [1.29, 1.82) is 0 Å². The normalized spacial score (nSPS) is 34.5. The molecule has 4 rings (SSSR count). The average Bonchev–Trinajstić information content (AvgIpc) is 3.19. The molecule has 204 valence electrons. The standard InChI is InChI=1S/C32H54O3Si/c1-6-9-20-36(21-10-7-2,22-11-8-3)35-23-32-19-17-29(33)24(4)26(32)13-12-25-27-14-15-30(34)31(27,5)18-16-28(25)32/h25,27-28H,6-23H2,1-5H3/t25-,27-,28+,31-,32+/m0/s1. The minimum Gasteiger partial charge on any atom is -0.416 e. The Balaban J connectivity index is 1.68. The molecule has 0 heterocycles. The Kier molecular flexibility index (Phi) is 9.08. The van der Waals surface area contributed by atoms with E-state index < -0.39 is 8.32 Å². The highest BCUT2D eigenvalue weighted by Crippen LogP contribution is 2.65. The SMILES string of the molecule is CCCC[Si](CCCC)(CCCC)OC[C@]12CCC(=O)C(C)=C1CC[C@@H]1[C@H]2CC[C@]2(C)C(=O)CC[C@@H]12. The van der Waals surface area contributed by atoms with Crippen LogP contribution in [0.25, 0.3) is 0 Å². The van der Waals surface area contributed by atoms with Crippen LogP contribution >= 0.6 is 0 Å². The van der Waals surface area contributed by atoms with Gasteiger partial charge in [0.05, 0.1) is 0 Å². The summed E-state index contributed by atoms with van der Waals surface area (Å²) in [4.78, 5) is 25.9. The number of carbonyl (C=O) groups is 2. The van der Waals surface area contributed by atoms with E-state index in [1.165, 1.54) is 68.7 Å². The maximum atomic E-state index is 12.9. The van der Waals surface area contributed by atoms with Gasteiger partial charge in [-0.25, -0.2) is 0 Å². The third kappa shape index (κ3) is 4.99. The maximum Gasteiger partial charge on any atom is 0.192 e. The second-order valence-electron chi connectivity index (χ2n) is 13.3. The van der Waals surface area contributed by atoms with E-state index in [-0.39, 0.29) is 10.8 Å². The summed E-state index contributed by atoms with van der Waals surface area (Å²) in [7, 11) is -1.83. The molecule has 3 nitrogen and oxygen atoms in total. The van der Waals surface area contributed by atoms with Crippen LogP contribution in [0, 0.1) is 28.6 Å². The van der Waals surface area contributed by atoms with E-state index in [0.717, 1.165) is 50.7 Å². The van der Waals surface area contributed by atoms with Gasteiger partial charge in [0, 0.05) is 30.3 Å². The lowest BCUT2D eigenvalue weighted by Gasteiger charge is -2.59. The van der Waals surface area contributed by atoms with Crippen molar-refractivity contribution < 1.29 is 14.0 Å². The van der Waals surface area contributed by atoms with Crippen molar-refractivity contribution in [2.75, 3.05) is 6.61 Å². The van der Waals surface area contributed by atoms with Crippen LogP contribution in [0.2, 0.25) is 18.1 Å². The molecule has 5 atom stereocenters. The highest BCUT2D eigenvalue weighted by molar-refractivity contribution is 6.73. The molecule has 0 bridgehead atoms. The van der Waals surface area contributed by atoms with E-state index in [1.807, 2.05) is 0 Å². The van der Waals surface area contributed by atoms with Gasteiger partial charge in [-0.3, -0.25) is 9.59 Å². The van der Waals surface area contributed by atoms with Crippen LogP contribution in [-0.2, 0) is 14.0 Å². The van der Waals surface area contributed by atoms with Gasteiger partial charge in [0.15, 0.2) is 14.1 Å². The third-order valence-electron chi connectivity index (χ3n) is 11.4. The van der Waals surface area contributed by atoms with Crippen molar-refractivity contribution >= 4 is 19.9 Å². The predicted molar refractivity (Wildman–Crippen MR) is 152 cm³/mol. The predicted octanol–water partition coefficient (Wildman–Crippen LogP) is 8.82. The fraction of sp³-hybridized carbons (Fsp3) is 0.875. The summed E-state index contributed by atoms with van der Waals surface area (Å²) in [6.45, 7) is 12.2. The Bertz CT molecular complexity index is 825. The molecule has 3 fully saturated rings. The van der Waals surface area contributed by atoms with Crippen LogP contribution in [0.15, 0.2) is 11.1 Å². The number of rotatable bonds is 12. The molecule has 4 aliphatic rings.